The van der Waals surface area contributed by atoms with Crippen molar-refractivity contribution in [2.24, 2.45) is 18.4 Å². The van der Waals surface area contributed by atoms with Crippen molar-refractivity contribution >= 4 is 6.03 Å². The fraction of sp³-hybridized carbons (Fsp3) is 0.812. The molecule has 1 aromatic rings. The quantitative estimate of drug-likeness (QED) is 0.868. The molecule has 3 unspecified atom stereocenters. The molecule has 1 saturated carbocycles. The normalized spacial score (nSPS) is 27.4. The Bertz CT molecular complexity index is 569. The highest BCUT2D eigenvalue weighted by Crippen LogP contribution is 2.51. The van der Waals surface area contributed by atoms with Crippen LogP contribution in [0.25, 0.3) is 0 Å². The average molecular weight is 323 g/mol. The van der Waals surface area contributed by atoms with Gasteiger partial charge in [0.05, 0.1) is 11.6 Å². The van der Waals surface area contributed by atoms with Crippen molar-refractivity contribution in [1.82, 2.24) is 25.4 Å². The van der Waals surface area contributed by atoms with E-state index in [2.05, 4.69) is 55.4 Å². The van der Waals surface area contributed by atoms with Crippen LogP contribution in [0.4, 0.5) is 4.79 Å². The second-order valence-electron chi connectivity index (χ2n) is 7.55. The first kappa shape index (κ1) is 17.7. The second kappa shape index (κ2) is 6.11. The summed E-state index contributed by atoms with van der Waals surface area (Å²) in [5.41, 5.74) is -0.316. The Morgan fingerprint density at radius 3 is 2.52 bits per heavy atom. The minimum atomic E-state index is -0.202. The average Bonchev–Trinajstić information content (AvgIpc) is 2.89. The molecular formula is C16H29N5O2. The molecule has 0 spiro atoms. The number of urea groups is 1. The number of amides is 2. The van der Waals surface area contributed by atoms with Crippen LogP contribution in [0.15, 0.2) is 6.33 Å². The van der Waals surface area contributed by atoms with Crippen molar-refractivity contribution in [1.29, 1.82) is 0 Å². The van der Waals surface area contributed by atoms with Crippen molar-refractivity contribution in [3.8, 4) is 0 Å². The molecule has 3 atom stereocenters. The van der Waals surface area contributed by atoms with E-state index in [9.17, 15) is 4.79 Å². The lowest BCUT2D eigenvalue weighted by atomic mass is 9.56. The Morgan fingerprint density at radius 1 is 1.43 bits per heavy atom. The molecule has 130 valence electrons. The molecule has 2 rings (SSSR count). The molecule has 7 heteroatoms. The second-order valence-corrected chi connectivity index (χ2v) is 7.55. The van der Waals surface area contributed by atoms with Gasteiger partial charge in [-0.3, -0.25) is 0 Å². The van der Waals surface area contributed by atoms with Crippen LogP contribution in [0.3, 0.4) is 0 Å². The predicted molar refractivity (Wildman–Crippen MR) is 87.8 cm³/mol. The Labute approximate surface area is 138 Å². The van der Waals surface area contributed by atoms with Gasteiger partial charge in [-0.25, -0.2) is 4.79 Å². The van der Waals surface area contributed by atoms with Crippen molar-refractivity contribution in [2.45, 2.75) is 58.7 Å². The van der Waals surface area contributed by atoms with Gasteiger partial charge in [-0.15, -0.1) is 10.2 Å². The molecular weight excluding hydrogens is 294 g/mol. The number of aryl methyl sites for hydroxylation is 1. The van der Waals surface area contributed by atoms with Crippen LogP contribution >= 0.6 is 0 Å². The summed E-state index contributed by atoms with van der Waals surface area (Å²) < 4.78 is 7.43. The minimum Gasteiger partial charge on any atom is -0.378 e. The summed E-state index contributed by atoms with van der Waals surface area (Å²) in [7, 11) is 3.60. The van der Waals surface area contributed by atoms with Crippen LogP contribution in [0, 0.1) is 11.3 Å². The van der Waals surface area contributed by atoms with E-state index < -0.39 is 0 Å². The van der Waals surface area contributed by atoms with Crippen LogP contribution in [0.5, 0.6) is 0 Å². The molecule has 1 heterocycles. The standard InChI is InChI=1S/C16H29N5O2/c1-10(2)12(13-20-17-9-21(13)6)19-14(22)18-11-8-16(5,23-7)15(11,3)4/h9-12H,8H2,1-7H3,(H2,18,19,22). The molecule has 0 saturated heterocycles. The van der Waals surface area contributed by atoms with E-state index in [0.717, 1.165) is 12.2 Å². The van der Waals surface area contributed by atoms with Gasteiger partial charge >= 0.3 is 6.03 Å². The first-order chi connectivity index (χ1) is 10.6. The lowest BCUT2D eigenvalue weighted by Crippen LogP contribution is -2.69. The highest BCUT2D eigenvalue weighted by atomic mass is 16.5. The first-order valence-electron chi connectivity index (χ1n) is 8.08. The van der Waals surface area contributed by atoms with Gasteiger partial charge in [0, 0.05) is 25.6 Å². The van der Waals surface area contributed by atoms with Crippen LogP contribution in [-0.4, -0.2) is 39.5 Å². The largest absolute Gasteiger partial charge is 0.378 e. The topological polar surface area (TPSA) is 81.1 Å². The van der Waals surface area contributed by atoms with Crippen LogP contribution in [0.2, 0.25) is 0 Å². The van der Waals surface area contributed by atoms with E-state index in [1.54, 1.807) is 13.4 Å². The summed E-state index contributed by atoms with van der Waals surface area (Å²) in [5, 5.41) is 14.1. The number of carbonyl (C=O) groups excluding carboxylic acids is 1. The number of nitrogens with zero attached hydrogens (tertiary/aromatic N) is 3. The molecule has 1 aliphatic carbocycles. The Morgan fingerprint density at radius 2 is 2.09 bits per heavy atom. The SMILES string of the molecule is COC1(C)CC(NC(=O)NC(c2nncn2C)C(C)C)C1(C)C. The number of methoxy groups -OCH3 is 1. The summed E-state index contributed by atoms with van der Waals surface area (Å²) in [6.45, 7) is 10.4. The van der Waals surface area contributed by atoms with E-state index >= 15 is 0 Å². The van der Waals surface area contributed by atoms with Crippen LogP contribution < -0.4 is 10.6 Å². The molecule has 1 fully saturated rings. The van der Waals surface area contributed by atoms with Gasteiger partial charge in [-0.1, -0.05) is 27.7 Å². The highest BCUT2D eigenvalue weighted by molar-refractivity contribution is 5.75. The molecule has 2 amide bonds. The summed E-state index contributed by atoms with van der Waals surface area (Å²) in [6.07, 6.45) is 2.45. The molecule has 7 nitrogen and oxygen atoms in total. The van der Waals surface area contributed by atoms with Crippen molar-refractivity contribution in [2.75, 3.05) is 7.11 Å². The van der Waals surface area contributed by atoms with E-state index in [1.165, 1.54) is 0 Å². The third-order valence-electron chi connectivity index (χ3n) is 5.56. The maximum absolute atomic E-state index is 12.4. The van der Waals surface area contributed by atoms with Crippen molar-refractivity contribution < 1.29 is 9.53 Å². The van der Waals surface area contributed by atoms with Crippen molar-refractivity contribution in [3.63, 3.8) is 0 Å². The number of rotatable bonds is 5. The van der Waals surface area contributed by atoms with Gasteiger partial charge in [0.15, 0.2) is 5.82 Å². The number of hydrogen-bond donors (Lipinski definition) is 2. The fourth-order valence-corrected chi connectivity index (χ4v) is 3.17. The molecule has 0 aliphatic heterocycles. The zero-order valence-electron chi connectivity index (χ0n) is 15.2. The Balaban J connectivity index is 2.01. The summed E-state index contributed by atoms with van der Waals surface area (Å²) in [5.74, 6) is 0.965. The maximum Gasteiger partial charge on any atom is 0.315 e. The van der Waals surface area contributed by atoms with Gasteiger partial charge in [0.2, 0.25) is 0 Å². The highest BCUT2D eigenvalue weighted by Gasteiger charge is 2.58. The Hall–Kier alpha value is -1.63. The van der Waals surface area contributed by atoms with E-state index in [1.807, 2.05) is 11.6 Å². The van der Waals surface area contributed by atoms with E-state index in [0.29, 0.717) is 0 Å². The maximum atomic E-state index is 12.4. The first-order valence-corrected chi connectivity index (χ1v) is 8.08. The number of hydrogen-bond acceptors (Lipinski definition) is 4. The van der Waals surface area contributed by atoms with E-state index in [-0.39, 0.29) is 35.0 Å². The zero-order chi connectivity index (χ0) is 17.4. The monoisotopic (exact) mass is 323 g/mol. The van der Waals surface area contributed by atoms with Gasteiger partial charge < -0.3 is 19.9 Å². The summed E-state index contributed by atoms with van der Waals surface area (Å²) in [6, 6.07) is -0.276. The molecule has 1 aliphatic rings. The number of carbonyl (C=O) groups is 1. The van der Waals surface area contributed by atoms with Gasteiger partial charge in [-0.2, -0.15) is 0 Å². The molecule has 2 N–H and O–H groups in total. The smallest absolute Gasteiger partial charge is 0.315 e. The third-order valence-corrected chi connectivity index (χ3v) is 5.56. The van der Waals surface area contributed by atoms with Crippen molar-refractivity contribution in [3.05, 3.63) is 12.2 Å². The van der Waals surface area contributed by atoms with E-state index in [4.69, 9.17) is 4.74 Å². The van der Waals surface area contributed by atoms with Gasteiger partial charge in [0.1, 0.15) is 6.33 Å². The minimum absolute atomic E-state index is 0.0831. The predicted octanol–water partition coefficient (Wildman–Crippen LogP) is 2.01. The van der Waals surface area contributed by atoms with Crippen LogP contribution in [0.1, 0.15) is 52.9 Å². The molecule has 1 aromatic heterocycles. The summed E-state index contributed by atoms with van der Waals surface area (Å²) in [4.78, 5) is 12.4. The zero-order valence-corrected chi connectivity index (χ0v) is 15.2. The Kier molecular flexibility index (Phi) is 4.71. The number of nitrogens with one attached hydrogen (secondary N) is 2. The lowest BCUT2D eigenvalue weighted by Gasteiger charge is -2.59. The third kappa shape index (κ3) is 3.06. The van der Waals surface area contributed by atoms with Crippen LogP contribution in [-0.2, 0) is 11.8 Å². The molecule has 0 aromatic carbocycles. The fourth-order valence-electron chi connectivity index (χ4n) is 3.17. The molecule has 23 heavy (non-hydrogen) atoms. The molecule has 0 radical (unpaired) electrons. The number of ether oxygens (including phenoxy) is 1. The van der Waals surface area contributed by atoms with Gasteiger partial charge in [0.25, 0.3) is 0 Å². The lowest BCUT2D eigenvalue weighted by molar-refractivity contribution is -0.177. The van der Waals surface area contributed by atoms with Gasteiger partial charge in [-0.05, 0) is 19.3 Å². The molecule has 0 bridgehead atoms. The number of aromatic nitrogens is 3. The summed E-state index contributed by atoms with van der Waals surface area (Å²) >= 11 is 0.